The third-order valence-corrected chi connectivity index (χ3v) is 3.50. The summed E-state index contributed by atoms with van der Waals surface area (Å²) in [6.07, 6.45) is 4.58. The Bertz CT molecular complexity index is 355. The topological polar surface area (TPSA) is 66.5 Å². The highest BCUT2D eigenvalue weighted by atomic mass is 16.1. The Kier molecular flexibility index (Phi) is 7.44. The van der Waals surface area contributed by atoms with Crippen molar-refractivity contribution in [3.05, 3.63) is 0 Å². The molecule has 0 aromatic heterocycles. The molecule has 1 amide bonds. The summed E-state index contributed by atoms with van der Waals surface area (Å²) in [5.74, 6) is 0.405. The first-order chi connectivity index (χ1) is 9.47. The molecule has 0 bridgehead atoms. The van der Waals surface area contributed by atoms with Gasteiger partial charge in [-0.2, -0.15) is 0 Å². The lowest BCUT2D eigenvalue weighted by Gasteiger charge is -2.32. The van der Waals surface area contributed by atoms with Gasteiger partial charge in [0, 0.05) is 25.4 Å². The average Bonchev–Trinajstić information content (AvgIpc) is 2.34. The summed E-state index contributed by atoms with van der Waals surface area (Å²) in [4.78, 5) is 35.8. The van der Waals surface area contributed by atoms with Crippen LogP contribution in [0.4, 0.5) is 0 Å². The summed E-state index contributed by atoms with van der Waals surface area (Å²) in [5, 5.41) is 3.03. The van der Waals surface area contributed by atoms with E-state index in [1.165, 1.54) is 0 Å². The number of hydrogen-bond donors (Lipinski definition) is 1. The lowest BCUT2D eigenvalue weighted by molar-refractivity contribution is -0.123. The van der Waals surface area contributed by atoms with Crippen LogP contribution in [0.15, 0.2) is 0 Å². The molecule has 0 saturated carbocycles. The number of nitrogens with zero attached hydrogens (tertiary/aromatic N) is 1. The molecule has 0 aromatic carbocycles. The van der Waals surface area contributed by atoms with E-state index < -0.39 is 0 Å². The van der Waals surface area contributed by atoms with Gasteiger partial charge in [0.15, 0.2) is 0 Å². The van der Waals surface area contributed by atoms with Gasteiger partial charge in [-0.3, -0.25) is 14.5 Å². The van der Waals surface area contributed by atoms with Crippen LogP contribution in [0.1, 0.15) is 52.4 Å². The van der Waals surface area contributed by atoms with E-state index in [-0.39, 0.29) is 23.5 Å². The van der Waals surface area contributed by atoms with Crippen molar-refractivity contribution in [2.45, 2.75) is 58.4 Å². The highest BCUT2D eigenvalue weighted by Gasteiger charge is 2.21. The minimum absolute atomic E-state index is 0.0585. The van der Waals surface area contributed by atoms with Crippen LogP contribution in [0, 0.1) is 0 Å². The molecule has 5 nitrogen and oxygen atoms in total. The minimum Gasteiger partial charge on any atom is -0.352 e. The van der Waals surface area contributed by atoms with Crippen LogP contribution in [0.25, 0.3) is 0 Å². The molecule has 114 valence electrons. The molecular weight excluding hydrogens is 256 g/mol. The molecule has 0 aliphatic carbocycles. The standard InChI is InChI=1S/C15H26N2O3/c1-12(18)6-3-4-8-15(20)16-14-7-5-9-17(11-14)10-13(2)19/h14H,3-11H2,1-2H3,(H,16,20). The van der Waals surface area contributed by atoms with Gasteiger partial charge in [0.25, 0.3) is 0 Å². The number of hydrogen-bond acceptors (Lipinski definition) is 4. The maximum atomic E-state index is 11.8. The highest BCUT2D eigenvalue weighted by molar-refractivity contribution is 5.78. The SMILES string of the molecule is CC(=O)CCCCC(=O)NC1CCCN(CC(C)=O)C1. The quantitative estimate of drug-likeness (QED) is 0.682. The summed E-state index contributed by atoms with van der Waals surface area (Å²) < 4.78 is 0. The van der Waals surface area contributed by atoms with E-state index in [0.29, 0.717) is 19.4 Å². The average molecular weight is 282 g/mol. The maximum absolute atomic E-state index is 11.8. The number of ketones is 2. The molecule has 1 N–H and O–H groups in total. The van der Waals surface area contributed by atoms with E-state index in [2.05, 4.69) is 10.2 Å². The molecule has 1 rings (SSSR count). The van der Waals surface area contributed by atoms with E-state index in [4.69, 9.17) is 0 Å². The van der Waals surface area contributed by atoms with Crippen LogP contribution in [0.2, 0.25) is 0 Å². The van der Waals surface area contributed by atoms with Gasteiger partial charge in [0.2, 0.25) is 5.91 Å². The van der Waals surface area contributed by atoms with Crippen LogP contribution in [-0.4, -0.2) is 48.0 Å². The first kappa shape index (κ1) is 16.8. The number of Topliss-reactive ketones (excluding diaryl/α,β-unsaturated/α-hetero) is 2. The van der Waals surface area contributed by atoms with Gasteiger partial charge in [0.05, 0.1) is 6.54 Å². The van der Waals surface area contributed by atoms with Crippen LogP contribution >= 0.6 is 0 Å². The molecular formula is C15H26N2O3. The minimum atomic E-state index is 0.0585. The first-order valence-corrected chi connectivity index (χ1v) is 7.48. The van der Waals surface area contributed by atoms with Gasteiger partial charge in [-0.1, -0.05) is 0 Å². The van der Waals surface area contributed by atoms with E-state index in [0.717, 1.165) is 38.8 Å². The fraction of sp³-hybridized carbons (Fsp3) is 0.800. The summed E-state index contributed by atoms with van der Waals surface area (Å²) in [6.45, 7) is 5.34. The summed E-state index contributed by atoms with van der Waals surface area (Å²) >= 11 is 0. The predicted octanol–water partition coefficient (Wildman–Crippen LogP) is 1.31. The molecule has 5 heteroatoms. The summed E-state index contributed by atoms with van der Waals surface area (Å²) in [7, 11) is 0. The number of rotatable bonds is 8. The Morgan fingerprint density at radius 2 is 1.80 bits per heavy atom. The van der Waals surface area contributed by atoms with Crippen LogP contribution in [0.3, 0.4) is 0 Å². The van der Waals surface area contributed by atoms with E-state index in [1.54, 1.807) is 13.8 Å². The number of piperidine rings is 1. The van der Waals surface area contributed by atoms with Crippen molar-refractivity contribution in [3.63, 3.8) is 0 Å². The Morgan fingerprint density at radius 1 is 1.10 bits per heavy atom. The van der Waals surface area contributed by atoms with Crippen molar-refractivity contribution < 1.29 is 14.4 Å². The van der Waals surface area contributed by atoms with Crippen molar-refractivity contribution in [1.29, 1.82) is 0 Å². The predicted molar refractivity (Wildman–Crippen MR) is 77.4 cm³/mol. The summed E-state index contributed by atoms with van der Waals surface area (Å²) in [5.41, 5.74) is 0. The number of carbonyl (C=O) groups excluding carboxylic acids is 3. The molecule has 0 radical (unpaired) electrons. The van der Waals surface area contributed by atoms with Gasteiger partial charge < -0.3 is 10.1 Å². The van der Waals surface area contributed by atoms with Gasteiger partial charge in [-0.15, -0.1) is 0 Å². The van der Waals surface area contributed by atoms with Gasteiger partial charge in [-0.05, 0) is 46.1 Å². The van der Waals surface area contributed by atoms with E-state index >= 15 is 0 Å². The Morgan fingerprint density at radius 3 is 2.45 bits per heavy atom. The number of likely N-dealkylation sites (tertiary alicyclic amines) is 1. The molecule has 1 aliphatic heterocycles. The zero-order chi connectivity index (χ0) is 15.0. The normalized spacial score (nSPS) is 19.6. The number of unbranched alkanes of at least 4 members (excludes halogenated alkanes) is 1. The zero-order valence-corrected chi connectivity index (χ0v) is 12.6. The first-order valence-electron chi connectivity index (χ1n) is 7.48. The van der Waals surface area contributed by atoms with Crippen molar-refractivity contribution in [1.82, 2.24) is 10.2 Å². The molecule has 1 atom stereocenters. The lowest BCUT2D eigenvalue weighted by Crippen LogP contribution is -2.48. The molecule has 20 heavy (non-hydrogen) atoms. The highest BCUT2D eigenvalue weighted by Crippen LogP contribution is 2.10. The van der Waals surface area contributed by atoms with Gasteiger partial charge in [-0.25, -0.2) is 0 Å². The molecule has 0 aromatic rings. The third kappa shape index (κ3) is 7.38. The molecule has 1 fully saturated rings. The Labute approximate surface area is 121 Å². The van der Waals surface area contributed by atoms with Crippen LogP contribution in [0.5, 0.6) is 0 Å². The summed E-state index contributed by atoms with van der Waals surface area (Å²) in [6, 6.07) is 0.156. The molecule has 1 aliphatic rings. The van der Waals surface area contributed by atoms with Crippen molar-refractivity contribution >= 4 is 17.5 Å². The fourth-order valence-electron chi connectivity index (χ4n) is 2.59. The molecule has 1 unspecified atom stereocenters. The van der Waals surface area contributed by atoms with E-state index in [9.17, 15) is 14.4 Å². The lowest BCUT2D eigenvalue weighted by atomic mass is 10.0. The second kappa shape index (κ2) is 8.84. The Hall–Kier alpha value is -1.23. The van der Waals surface area contributed by atoms with Gasteiger partial charge in [0.1, 0.15) is 11.6 Å². The van der Waals surface area contributed by atoms with Crippen molar-refractivity contribution in [3.8, 4) is 0 Å². The zero-order valence-electron chi connectivity index (χ0n) is 12.6. The number of amides is 1. The monoisotopic (exact) mass is 282 g/mol. The van der Waals surface area contributed by atoms with Crippen molar-refractivity contribution in [2.24, 2.45) is 0 Å². The molecule has 1 saturated heterocycles. The van der Waals surface area contributed by atoms with Crippen LogP contribution < -0.4 is 5.32 Å². The van der Waals surface area contributed by atoms with Gasteiger partial charge >= 0.3 is 0 Å². The third-order valence-electron chi connectivity index (χ3n) is 3.50. The second-order valence-electron chi connectivity index (χ2n) is 5.75. The molecule has 0 spiro atoms. The Balaban J connectivity index is 2.20. The van der Waals surface area contributed by atoms with E-state index in [1.807, 2.05) is 0 Å². The second-order valence-corrected chi connectivity index (χ2v) is 5.75. The smallest absolute Gasteiger partial charge is 0.220 e. The van der Waals surface area contributed by atoms with Crippen LogP contribution in [-0.2, 0) is 14.4 Å². The molecule has 1 heterocycles. The number of nitrogens with one attached hydrogen (secondary N) is 1. The number of carbonyl (C=O) groups is 3. The van der Waals surface area contributed by atoms with Crippen molar-refractivity contribution in [2.75, 3.05) is 19.6 Å². The fourth-order valence-corrected chi connectivity index (χ4v) is 2.59. The maximum Gasteiger partial charge on any atom is 0.220 e. The largest absolute Gasteiger partial charge is 0.352 e.